The van der Waals surface area contributed by atoms with Gasteiger partial charge in [0.05, 0.1) is 5.52 Å². The van der Waals surface area contributed by atoms with E-state index in [1.807, 2.05) is 0 Å². The molecule has 0 spiro atoms. The molecule has 2 aromatic carbocycles. The second-order valence-corrected chi connectivity index (χ2v) is 7.71. The van der Waals surface area contributed by atoms with E-state index < -0.39 is 0 Å². The van der Waals surface area contributed by atoms with Crippen molar-refractivity contribution in [3.8, 4) is 0 Å². The zero-order chi connectivity index (χ0) is 18.3. The van der Waals surface area contributed by atoms with Crippen molar-refractivity contribution in [2.75, 3.05) is 11.9 Å². The molecule has 0 radical (unpaired) electrons. The maximum atomic E-state index is 4.93. The summed E-state index contributed by atoms with van der Waals surface area (Å²) in [7, 11) is 0. The van der Waals surface area contributed by atoms with Crippen LogP contribution in [-0.2, 0) is 19.3 Å². The molecule has 0 saturated heterocycles. The lowest BCUT2D eigenvalue weighted by molar-refractivity contribution is 0.652. The normalized spacial score (nSPS) is 13.5. The molecule has 0 unspecified atom stereocenters. The Labute approximate surface area is 163 Å². The molecule has 1 N–H and O–H groups in total. The first-order chi connectivity index (χ1) is 13.4. The monoisotopic (exact) mass is 358 g/mol. The molecule has 4 rings (SSSR count). The largest absolute Gasteiger partial charge is 0.384 e. The van der Waals surface area contributed by atoms with Crippen molar-refractivity contribution < 1.29 is 0 Å². The summed E-state index contributed by atoms with van der Waals surface area (Å²) in [6.45, 7) is 1.06. The van der Waals surface area contributed by atoms with Crippen LogP contribution in [0.1, 0.15) is 55.3 Å². The van der Waals surface area contributed by atoms with Crippen molar-refractivity contribution in [3.63, 3.8) is 0 Å². The number of nitrogens with one attached hydrogen (secondary N) is 1. The molecule has 2 heteroatoms. The molecule has 1 aliphatic rings. The van der Waals surface area contributed by atoms with Crippen LogP contribution in [-0.4, -0.2) is 11.5 Å². The van der Waals surface area contributed by atoms with Gasteiger partial charge in [0.15, 0.2) is 0 Å². The van der Waals surface area contributed by atoms with Gasteiger partial charge in [0, 0.05) is 23.3 Å². The molecule has 2 nitrogen and oxygen atoms in total. The first-order valence-electron chi connectivity index (χ1n) is 10.6. The van der Waals surface area contributed by atoms with Gasteiger partial charge in [-0.2, -0.15) is 0 Å². The predicted octanol–water partition coefficient (Wildman–Crippen LogP) is 6.33. The fourth-order valence-corrected chi connectivity index (χ4v) is 4.24. The topological polar surface area (TPSA) is 24.9 Å². The summed E-state index contributed by atoms with van der Waals surface area (Å²) < 4.78 is 0. The molecular weight excluding hydrogens is 328 g/mol. The minimum atomic E-state index is 1.06. The van der Waals surface area contributed by atoms with Crippen molar-refractivity contribution in [3.05, 3.63) is 71.4 Å². The summed E-state index contributed by atoms with van der Waals surface area (Å²) in [5, 5.41) is 5.08. The Kier molecular flexibility index (Phi) is 6.03. The minimum Gasteiger partial charge on any atom is -0.384 e. The lowest BCUT2D eigenvalue weighted by atomic mass is 9.92. The Morgan fingerprint density at radius 2 is 1.56 bits per heavy atom. The number of fused-ring (bicyclic) bond motifs is 2. The summed E-state index contributed by atoms with van der Waals surface area (Å²) in [4.78, 5) is 4.93. The maximum absolute atomic E-state index is 4.93. The molecule has 1 heterocycles. The number of hydrogen-bond donors (Lipinski definition) is 1. The van der Waals surface area contributed by atoms with Crippen LogP contribution < -0.4 is 5.32 Å². The highest BCUT2D eigenvalue weighted by Gasteiger charge is 2.17. The summed E-state index contributed by atoms with van der Waals surface area (Å²) in [6.07, 6.45) is 11.2. The van der Waals surface area contributed by atoms with Crippen LogP contribution in [0, 0.1) is 0 Å². The molecule has 0 atom stereocenters. The Bertz CT molecular complexity index is 870. The van der Waals surface area contributed by atoms with Gasteiger partial charge in [-0.1, -0.05) is 61.4 Å². The lowest BCUT2D eigenvalue weighted by Gasteiger charge is -2.21. The standard InChI is InChI=1S/C25H30N2/c1(4-12-20-13-5-3-6-14-20)2-11-19-26-25-21-15-7-9-17-23(21)27-24-18-10-8-16-22(24)25/h3,5-7,9,13-15,17H,1-2,4,8,10-12,16,18-19H2,(H,26,27). The molecule has 0 fully saturated rings. The Balaban J connectivity index is 1.31. The van der Waals surface area contributed by atoms with Crippen LogP contribution in [0.25, 0.3) is 10.9 Å². The number of nitrogens with zero attached hydrogens (tertiary/aromatic N) is 1. The zero-order valence-electron chi connectivity index (χ0n) is 16.2. The molecule has 1 aromatic heterocycles. The van der Waals surface area contributed by atoms with Crippen molar-refractivity contribution in [1.82, 2.24) is 4.98 Å². The molecule has 3 aromatic rings. The molecule has 0 saturated carbocycles. The average Bonchev–Trinajstić information content (AvgIpc) is 2.73. The van der Waals surface area contributed by atoms with Gasteiger partial charge < -0.3 is 5.32 Å². The van der Waals surface area contributed by atoms with Crippen molar-refractivity contribution in [2.45, 2.75) is 57.8 Å². The highest BCUT2D eigenvalue weighted by Crippen LogP contribution is 2.33. The van der Waals surface area contributed by atoms with Gasteiger partial charge in [-0.3, -0.25) is 4.98 Å². The second kappa shape index (κ2) is 9.03. The third kappa shape index (κ3) is 4.50. The van der Waals surface area contributed by atoms with Gasteiger partial charge in [-0.25, -0.2) is 0 Å². The van der Waals surface area contributed by atoms with E-state index in [-0.39, 0.29) is 0 Å². The van der Waals surface area contributed by atoms with E-state index in [9.17, 15) is 0 Å². The number of benzene rings is 2. The highest BCUT2D eigenvalue weighted by atomic mass is 14.9. The summed E-state index contributed by atoms with van der Waals surface area (Å²) in [5.41, 5.74) is 6.77. The number of aromatic nitrogens is 1. The number of hydrogen-bond acceptors (Lipinski definition) is 2. The van der Waals surface area contributed by atoms with E-state index in [0.717, 1.165) is 18.5 Å². The predicted molar refractivity (Wildman–Crippen MR) is 115 cm³/mol. The number of aryl methyl sites for hydroxylation is 2. The summed E-state index contributed by atoms with van der Waals surface area (Å²) in [6, 6.07) is 19.4. The number of rotatable bonds is 8. The van der Waals surface area contributed by atoms with Gasteiger partial charge in [-0.05, 0) is 62.1 Å². The smallest absolute Gasteiger partial charge is 0.0726 e. The highest BCUT2D eigenvalue weighted by molar-refractivity contribution is 5.93. The van der Waals surface area contributed by atoms with Crippen LogP contribution in [0.4, 0.5) is 5.69 Å². The Morgan fingerprint density at radius 3 is 2.48 bits per heavy atom. The van der Waals surface area contributed by atoms with E-state index in [4.69, 9.17) is 4.98 Å². The fourth-order valence-electron chi connectivity index (χ4n) is 4.24. The minimum absolute atomic E-state index is 1.06. The Hall–Kier alpha value is -2.35. The lowest BCUT2D eigenvalue weighted by Crippen LogP contribution is -2.12. The van der Waals surface area contributed by atoms with Crippen molar-refractivity contribution >= 4 is 16.6 Å². The van der Waals surface area contributed by atoms with Crippen molar-refractivity contribution in [1.29, 1.82) is 0 Å². The van der Waals surface area contributed by atoms with Gasteiger partial charge in [0.25, 0.3) is 0 Å². The van der Waals surface area contributed by atoms with Gasteiger partial charge in [0.2, 0.25) is 0 Å². The molecule has 0 amide bonds. The van der Waals surface area contributed by atoms with E-state index in [2.05, 4.69) is 59.9 Å². The molecule has 0 bridgehead atoms. The fraction of sp³-hybridized carbons (Fsp3) is 0.400. The van der Waals surface area contributed by atoms with E-state index in [0.29, 0.717) is 0 Å². The SMILES string of the molecule is c1ccc(CCCCCCNc2c3c(nc4ccccc24)CCCC3)cc1. The van der Waals surface area contributed by atoms with Crippen LogP contribution in [0.3, 0.4) is 0 Å². The van der Waals surface area contributed by atoms with E-state index >= 15 is 0 Å². The van der Waals surface area contributed by atoms with Gasteiger partial charge in [0.1, 0.15) is 0 Å². The number of unbranched alkanes of at least 4 members (excludes halogenated alkanes) is 3. The summed E-state index contributed by atoms with van der Waals surface area (Å²) in [5.74, 6) is 0. The zero-order valence-corrected chi connectivity index (χ0v) is 16.2. The number of para-hydroxylation sites is 1. The molecular formula is C25H30N2. The second-order valence-electron chi connectivity index (χ2n) is 7.71. The third-order valence-electron chi connectivity index (χ3n) is 5.71. The van der Waals surface area contributed by atoms with Crippen LogP contribution in [0.5, 0.6) is 0 Å². The van der Waals surface area contributed by atoms with E-state index in [1.165, 1.54) is 79.3 Å². The molecule has 140 valence electrons. The Morgan fingerprint density at radius 1 is 0.778 bits per heavy atom. The van der Waals surface area contributed by atoms with E-state index in [1.54, 1.807) is 0 Å². The molecule has 0 aliphatic heterocycles. The van der Waals surface area contributed by atoms with Crippen LogP contribution >= 0.6 is 0 Å². The number of anilines is 1. The number of pyridine rings is 1. The maximum Gasteiger partial charge on any atom is 0.0726 e. The van der Waals surface area contributed by atoms with Gasteiger partial charge >= 0.3 is 0 Å². The van der Waals surface area contributed by atoms with Crippen LogP contribution in [0.2, 0.25) is 0 Å². The van der Waals surface area contributed by atoms with Crippen LogP contribution in [0.15, 0.2) is 54.6 Å². The summed E-state index contributed by atoms with van der Waals surface area (Å²) >= 11 is 0. The van der Waals surface area contributed by atoms with Crippen molar-refractivity contribution in [2.24, 2.45) is 0 Å². The average molecular weight is 359 g/mol. The quantitative estimate of drug-likeness (QED) is 0.476. The first kappa shape index (κ1) is 18.0. The van der Waals surface area contributed by atoms with Gasteiger partial charge in [-0.15, -0.1) is 0 Å². The molecule has 27 heavy (non-hydrogen) atoms. The third-order valence-corrected chi connectivity index (χ3v) is 5.71. The first-order valence-corrected chi connectivity index (χ1v) is 10.6. The molecule has 1 aliphatic carbocycles.